The number of carbonyl (C=O) groups excluding carboxylic acids is 1. The molecule has 0 aromatic carbocycles. The van der Waals surface area contributed by atoms with E-state index in [1.807, 2.05) is 0 Å². The number of nitrogens with zero attached hydrogens (tertiary/aromatic N) is 2. The largest absolute Gasteiger partial charge is 0.323 e. The fourth-order valence-corrected chi connectivity index (χ4v) is 1.87. The van der Waals surface area contributed by atoms with Gasteiger partial charge in [-0.1, -0.05) is 34.2 Å². The first-order valence-electron chi connectivity index (χ1n) is 3.12. The summed E-state index contributed by atoms with van der Waals surface area (Å²) in [5, 5.41) is 0.232. The average Bonchev–Trinajstić information content (AvgIpc) is 2.16. The van der Waals surface area contributed by atoms with Gasteiger partial charge in [-0.2, -0.15) is 0 Å². The molecule has 4 nitrogen and oxygen atoms in total. The van der Waals surface area contributed by atoms with Crippen LogP contribution in [0, 0.1) is 0 Å². The van der Waals surface area contributed by atoms with E-state index in [-0.39, 0.29) is 15.9 Å². The molecular formula is C6H4ClIN2O2S. The molecule has 7 heteroatoms. The van der Waals surface area contributed by atoms with Gasteiger partial charge in [-0.15, -0.1) is 0 Å². The van der Waals surface area contributed by atoms with Gasteiger partial charge in [0.1, 0.15) is 5.15 Å². The molecule has 0 bridgehead atoms. The first kappa shape index (κ1) is 11.2. The molecule has 0 amide bonds. The minimum Gasteiger partial charge on any atom is -0.323 e. The van der Waals surface area contributed by atoms with Crippen molar-refractivity contribution in [3.05, 3.63) is 16.4 Å². The maximum Gasteiger partial charge on any atom is 0.216 e. The lowest BCUT2D eigenvalue weighted by Gasteiger charge is -2.02. The number of carbonyl (C=O) groups is 1. The Morgan fingerprint density at radius 2 is 2.31 bits per heavy atom. The van der Waals surface area contributed by atoms with Crippen LogP contribution in [0.5, 0.6) is 0 Å². The van der Waals surface area contributed by atoms with Gasteiger partial charge in [0.15, 0.2) is 6.29 Å². The predicted molar refractivity (Wildman–Crippen MR) is 58.6 cm³/mol. The second kappa shape index (κ2) is 5.08. The molecule has 1 aromatic heterocycles. The third-order valence-corrected chi connectivity index (χ3v) is 2.64. The fraction of sp³-hybridized carbons (Fsp3) is 0.167. The topological polar surface area (TPSA) is 63.1 Å². The number of hydrogen-bond acceptors (Lipinski definition) is 5. The van der Waals surface area contributed by atoms with E-state index in [0.717, 1.165) is 0 Å². The maximum absolute atomic E-state index is 10.6. The van der Waals surface area contributed by atoms with Gasteiger partial charge in [-0.25, -0.2) is 9.97 Å². The van der Waals surface area contributed by atoms with E-state index >= 15 is 0 Å². The van der Waals surface area contributed by atoms with Gasteiger partial charge >= 0.3 is 0 Å². The SMILES string of the molecule is O=Cc1c(Cl)nc(SO)nc1CI. The Morgan fingerprint density at radius 1 is 1.62 bits per heavy atom. The summed E-state index contributed by atoms with van der Waals surface area (Å²) in [4.78, 5) is 18.2. The van der Waals surface area contributed by atoms with Crippen LogP contribution in [-0.2, 0) is 4.43 Å². The van der Waals surface area contributed by atoms with Crippen molar-refractivity contribution < 1.29 is 9.35 Å². The monoisotopic (exact) mass is 330 g/mol. The minimum atomic E-state index is 0.0771. The van der Waals surface area contributed by atoms with E-state index < -0.39 is 0 Å². The summed E-state index contributed by atoms with van der Waals surface area (Å²) in [6.07, 6.45) is 0.613. The maximum atomic E-state index is 10.6. The summed E-state index contributed by atoms with van der Waals surface area (Å²) in [5.41, 5.74) is 0.820. The van der Waals surface area contributed by atoms with Crippen LogP contribution >= 0.6 is 46.2 Å². The molecule has 0 saturated carbocycles. The van der Waals surface area contributed by atoms with Gasteiger partial charge in [-0.3, -0.25) is 4.79 Å². The van der Waals surface area contributed by atoms with E-state index in [9.17, 15) is 4.79 Å². The molecule has 0 saturated heterocycles. The molecule has 1 aromatic rings. The molecule has 0 unspecified atom stereocenters. The highest BCUT2D eigenvalue weighted by atomic mass is 127. The third kappa shape index (κ3) is 2.52. The van der Waals surface area contributed by atoms with E-state index in [4.69, 9.17) is 16.2 Å². The Morgan fingerprint density at radius 3 is 2.77 bits per heavy atom. The molecule has 0 fully saturated rings. The summed E-state index contributed by atoms with van der Waals surface area (Å²) in [7, 11) is 0. The first-order chi connectivity index (χ1) is 6.22. The number of aromatic nitrogens is 2. The van der Waals surface area contributed by atoms with E-state index in [0.29, 0.717) is 28.5 Å². The van der Waals surface area contributed by atoms with Crippen LogP contribution in [0.25, 0.3) is 0 Å². The van der Waals surface area contributed by atoms with Crippen molar-refractivity contribution in [1.29, 1.82) is 0 Å². The van der Waals surface area contributed by atoms with Crippen LogP contribution in [0.2, 0.25) is 5.15 Å². The summed E-state index contributed by atoms with van der Waals surface area (Å²) in [6, 6.07) is 0. The highest BCUT2D eigenvalue weighted by Crippen LogP contribution is 2.20. The standard InChI is InChI=1S/C6H4ClIN2O2S/c7-5-3(2-11)4(1-8)9-6(10-5)13-12/h2,12H,1H2. The molecule has 0 atom stereocenters. The van der Waals surface area contributed by atoms with Crippen LogP contribution < -0.4 is 0 Å². The van der Waals surface area contributed by atoms with Crippen molar-refractivity contribution in [2.45, 2.75) is 9.58 Å². The number of rotatable bonds is 3. The van der Waals surface area contributed by atoms with Crippen LogP contribution in [-0.4, -0.2) is 20.8 Å². The van der Waals surface area contributed by atoms with Crippen molar-refractivity contribution >= 4 is 52.5 Å². The van der Waals surface area contributed by atoms with Crippen LogP contribution in [0.1, 0.15) is 16.1 Å². The number of halogens is 2. The lowest BCUT2D eigenvalue weighted by molar-refractivity contribution is 0.112. The molecule has 1 rings (SSSR count). The van der Waals surface area contributed by atoms with Crippen LogP contribution in [0.3, 0.4) is 0 Å². The van der Waals surface area contributed by atoms with Crippen LogP contribution in [0.4, 0.5) is 0 Å². The molecule has 1 heterocycles. The lowest BCUT2D eigenvalue weighted by atomic mass is 10.3. The van der Waals surface area contributed by atoms with Crippen molar-refractivity contribution in [3.8, 4) is 0 Å². The summed E-state index contributed by atoms with van der Waals surface area (Å²) in [6.45, 7) is 0. The van der Waals surface area contributed by atoms with Gasteiger partial charge in [0.05, 0.1) is 23.3 Å². The summed E-state index contributed by atoms with van der Waals surface area (Å²) in [5.74, 6) is 0. The summed E-state index contributed by atoms with van der Waals surface area (Å²) < 4.78 is 9.23. The Labute approximate surface area is 97.5 Å². The zero-order chi connectivity index (χ0) is 9.84. The Balaban J connectivity index is 3.28. The van der Waals surface area contributed by atoms with Crippen molar-refractivity contribution in [2.75, 3.05) is 0 Å². The zero-order valence-electron chi connectivity index (χ0n) is 6.20. The fourth-order valence-electron chi connectivity index (χ4n) is 0.723. The molecule has 13 heavy (non-hydrogen) atoms. The molecule has 0 aliphatic rings. The Kier molecular flexibility index (Phi) is 4.36. The summed E-state index contributed by atoms with van der Waals surface area (Å²) >= 11 is 8.14. The van der Waals surface area contributed by atoms with Crippen molar-refractivity contribution in [3.63, 3.8) is 0 Å². The van der Waals surface area contributed by atoms with Gasteiger partial charge < -0.3 is 4.55 Å². The third-order valence-electron chi connectivity index (χ3n) is 1.28. The van der Waals surface area contributed by atoms with Gasteiger partial charge in [0.25, 0.3) is 0 Å². The van der Waals surface area contributed by atoms with Crippen LogP contribution in [0.15, 0.2) is 5.16 Å². The molecule has 0 aliphatic carbocycles. The Bertz CT molecular complexity index is 337. The minimum absolute atomic E-state index is 0.0771. The quantitative estimate of drug-likeness (QED) is 0.230. The predicted octanol–water partition coefficient (Wildman–Crippen LogP) is 2.44. The lowest BCUT2D eigenvalue weighted by Crippen LogP contribution is -2.00. The highest BCUT2D eigenvalue weighted by molar-refractivity contribution is 14.1. The van der Waals surface area contributed by atoms with E-state index in [1.165, 1.54) is 0 Å². The molecular weight excluding hydrogens is 327 g/mol. The van der Waals surface area contributed by atoms with Crippen molar-refractivity contribution in [1.82, 2.24) is 9.97 Å². The average molecular weight is 331 g/mol. The molecule has 70 valence electrons. The molecule has 0 aliphatic heterocycles. The number of hydrogen-bond donors (Lipinski definition) is 1. The molecule has 1 N–H and O–H groups in total. The van der Waals surface area contributed by atoms with Crippen molar-refractivity contribution in [2.24, 2.45) is 0 Å². The van der Waals surface area contributed by atoms with E-state index in [2.05, 4.69) is 32.6 Å². The zero-order valence-corrected chi connectivity index (χ0v) is 9.93. The van der Waals surface area contributed by atoms with E-state index in [1.54, 1.807) is 0 Å². The Hall–Kier alpha value is 0.0800. The number of aldehydes is 1. The van der Waals surface area contributed by atoms with Gasteiger partial charge in [-0.05, 0) is 0 Å². The molecule has 0 spiro atoms. The molecule has 0 radical (unpaired) electrons. The van der Waals surface area contributed by atoms with Gasteiger partial charge in [0.2, 0.25) is 5.16 Å². The van der Waals surface area contributed by atoms with Gasteiger partial charge in [0, 0.05) is 4.43 Å². The smallest absolute Gasteiger partial charge is 0.216 e. The second-order valence-electron chi connectivity index (χ2n) is 2.00. The number of alkyl halides is 1. The first-order valence-corrected chi connectivity index (χ1v) is 5.79. The normalized spacial score (nSPS) is 10.1. The highest BCUT2D eigenvalue weighted by Gasteiger charge is 2.11. The second-order valence-corrected chi connectivity index (χ2v) is 3.67.